The maximum atomic E-state index is 13.0. The molecule has 0 aliphatic carbocycles. The summed E-state index contributed by atoms with van der Waals surface area (Å²) in [5.41, 5.74) is 0.221. The van der Waals surface area contributed by atoms with Gasteiger partial charge in [0.25, 0.3) is 0 Å². The Balaban J connectivity index is 1.90. The molecule has 0 saturated heterocycles. The summed E-state index contributed by atoms with van der Waals surface area (Å²) in [6, 6.07) is 8.81. The van der Waals surface area contributed by atoms with Crippen molar-refractivity contribution in [2.24, 2.45) is 0 Å². The number of alkyl carbamates (subject to hydrolysis) is 1. The van der Waals surface area contributed by atoms with E-state index in [1.165, 1.54) is 27.4 Å². The van der Waals surface area contributed by atoms with Crippen LogP contribution in [-0.2, 0) is 9.53 Å². The molecule has 0 aliphatic rings. The predicted octanol–water partition coefficient (Wildman–Crippen LogP) is 4.34. The van der Waals surface area contributed by atoms with E-state index in [4.69, 9.17) is 23.4 Å². The Bertz CT molecular complexity index is 1340. The standard InChI is InChI=1S/C26H30N2O8/c1-14(27-25(31)36-26(2,3)4)24(30)28-16-10-8-9-15(11-16)18-12-17(29)21-19(35-18)13-20(32-5)22(33-6)23(21)34-7/h8-14H,1-7H3,(H,27,31)(H,28,30)/t14-/m0/s1. The van der Waals surface area contributed by atoms with Crippen LogP contribution in [0.5, 0.6) is 17.2 Å². The number of carbonyl (C=O) groups is 2. The lowest BCUT2D eigenvalue weighted by atomic mass is 10.1. The molecule has 3 rings (SSSR count). The van der Waals surface area contributed by atoms with Gasteiger partial charge in [0.1, 0.15) is 28.4 Å². The number of carbonyl (C=O) groups excluding carboxylic acids is 2. The van der Waals surface area contributed by atoms with Gasteiger partial charge in [-0.05, 0) is 39.8 Å². The number of ether oxygens (including phenoxy) is 4. The molecular weight excluding hydrogens is 468 g/mol. The van der Waals surface area contributed by atoms with Crippen molar-refractivity contribution in [2.75, 3.05) is 26.6 Å². The van der Waals surface area contributed by atoms with Crippen molar-refractivity contribution < 1.29 is 33.0 Å². The topological polar surface area (TPSA) is 125 Å². The monoisotopic (exact) mass is 498 g/mol. The van der Waals surface area contributed by atoms with Gasteiger partial charge >= 0.3 is 6.09 Å². The molecule has 10 nitrogen and oxygen atoms in total. The smallest absolute Gasteiger partial charge is 0.408 e. The highest BCUT2D eigenvalue weighted by atomic mass is 16.6. The molecule has 2 N–H and O–H groups in total. The third kappa shape index (κ3) is 5.88. The Labute approximate surface area is 208 Å². The summed E-state index contributed by atoms with van der Waals surface area (Å²) in [6.45, 7) is 6.74. The van der Waals surface area contributed by atoms with Gasteiger partial charge in [0.15, 0.2) is 16.9 Å². The molecule has 0 bridgehead atoms. The van der Waals surface area contributed by atoms with Gasteiger partial charge in [0, 0.05) is 23.4 Å². The highest BCUT2D eigenvalue weighted by Crippen LogP contribution is 2.42. The number of hydrogen-bond donors (Lipinski definition) is 2. The average Bonchev–Trinajstić information content (AvgIpc) is 2.81. The zero-order valence-corrected chi connectivity index (χ0v) is 21.3. The van der Waals surface area contributed by atoms with Crippen LogP contribution in [0.25, 0.3) is 22.3 Å². The second-order valence-electron chi connectivity index (χ2n) is 8.93. The molecule has 0 spiro atoms. The van der Waals surface area contributed by atoms with Crippen molar-refractivity contribution in [3.63, 3.8) is 0 Å². The van der Waals surface area contributed by atoms with E-state index in [1.807, 2.05) is 0 Å². The molecule has 2 amide bonds. The lowest BCUT2D eigenvalue weighted by molar-refractivity contribution is -0.117. The fourth-order valence-electron chi connectivity index (χ4n) is 3.48. The van der Waals surface area contributed by atoms with Crippen LogP contribution in [0.1, 0.15) is 27.7 Å². The first-order chi connectivity index (χ1) is 17.0. The van der Waals surface area contributed by atoms with Crippen molar-refractivity contribution in [3.8, 4) is 28.6 Å². The van der Waals surface area contributed by atoms with E-state index < -0.39 is 23.6 Å². The summed E-state index contributed by atoms with van der Waals surface area (Å²) in [7, 11) is 4.34. The van der Waals surface area contributed by atoms with Gasteiger partial charge < -0.3 is 34.0 Å². The van der Waals surface area contributed by atoms with Crippen molar-refractivity contribution in [2.45, 2.75) is 39.3 Å². The minimum Gasteiger partial charge on any atom is -0.493 e. The van der Waals surface area contributed by atoms with E-state index >= 15 is 0 Å². The van der Waals surface area contributed by atoms with Crippen LogP contribution in [0.2, 0.25) is 0 Å². The van der Waals surface area contributed by atoms with Gasteiger partial charge in [-0.15, -0.1) is 0 Å². The van der Waals surface area contributed by atoms with Gasteiger partial charge in [0.2, 0.25) is 11.7 Å². The van der Waals surface area contributed by atoms with Crippen LogP contribution in [0.3, 0.4) is 0 Å². The molecule has 0 unspecified atom stereocenters. The zero-order chi connectivity index (χ0) is 26.6. The molecule has 192 valence electrons. The Morgan fingerprint density at radius 3 is 2.28 bits per heavy atom. The SMILES string of the molecule is COc1cc2oc(-c3cccc(NC(=O)[C@H](C)NC(=O)OC(C)(C)C)c3)cc(=O)c2c(OC)c1OC. The van der Waals surface area contributed by atoms with Gasteiger partial charge in [-0.25, -0.2) is 4.79 Å². The third-order valence-corrected chi connectivity index (χ3v) is 5.06. The minimum atomic E-state index is -0.850. The van der Waals surface area contributed by atoms with Crippen LogP contribution < -0.4 is 30.3 Å². The summed E-state index contributed by atoms with van der Waals surface area (Å²) in [6.07, 6.45) is -0.695. The Morgan fingerprint density at radius 2 is 1.67 bits per heavy atom. The van der Waals surface area contributed by atoms with Crippen molar-refractivity contribution in [1.82, 2.24) is 5.32 Å². The van der Waals surface area contributed by atoms with Gasteiger partial charge in [0.05, 0.1) is 21.3 Å². The van der Waals surface area contributed by atoms with Crippen LogP contribution in [0, 0.1) is 0 Å². The maximum Gasteiger partial charge on any atom is 0.408 e. The van der Waals surface area contributed by atoms with Crippen LogP contribution >= 0.6 is 0 Å². The Kier molecular flexibility index (Phi) is 7.77. The van der Waals surface area contributed by atoms with E-state index in [9.17, 15) is 14.4 Å². The van der Waals surface area contributed by atoms with Crippen LogP contribution in [-0.4, -0.2) is 45.0 Å². The molecule has 1 atom stereocenters. The average molecular weight is 499 g/mol. The highest BCUT2D eigenvalue weighted by Gasteiger charge is 2.22. The molecule has 0 aliphatic heterocycles. The molecule has 0 radical (unpaired) electrons. The summed E-state index contributed by atoms with van der Waals surface area (Å²) < 4.78 is 27.3. The molecule has 2 aromatic carbocycles. The van der Waals surface area contributed by atoms with E-state index in [0.29, 0.717) is 17.0 Å². The molecule has 1 aromatic heterocycles. The number of rotatable bonds is 7. The predicted molar refractivity (Wildman–Crippen MR) is 135 cm³/mol. The van der Waals surface area contributed by atoms with Crippen molar-refractivity contribution in [3.05, 3.63) is 46.6 Å². The zero-order valence-electron chi connectivity index (χ0n) is 21.3. The molecule has 36 heavy (non-hydrogen) atoms. The number of methoxy groups -OCH3 is 3. The van der Waals surface area contributed by atoms with Crippen LogP contribution in [0.4, 0.5) is 10.5 Å². The maximum absolute atomic E-state index is 13.0. The minimum absolute atomic E-state index is 0.208. The number of nitrogens with one attached hydrogen (secondary N) is 2. The number of hydrogen-bond acceptors (Lipinski definition) is 8. The molecule has 0 fully saturated rings. The van der Waals surface area contributed by atoms with E-state index in [1.54, 1.807) is 58.0 Å². The second kappa shape index (κ2) is 10.6. The second-order valence-corrected chi connectivity index (χ2v) is 8.93. The Hall–Kier alpha value is -4.21. The summed E-state index contributed by atoms with van der Waals surface area (Å²) in [5, 5.41) is 5.45. The largest absolute Gasteiger partial charge is 0.493 e. The van der Waals surface area contributed by atoms with Crippen LogP contribution in [0.15, 0.2) is 45.6 Å². The lowest BCUT2D eigenvalue weighted by Gasteiger charge is -2.21. The molecule has 10 heteroatoms. The number of benzene rings is 2. The van der Waals surface area contributed by atoms with Crippen molar-refractivity contribution in [1.29, 1.82) is 0 Å². The fourth-order valence-corrected chi connectivity index (χ4v) is 3.48. The molecule has 3 aromatic rings. The molecular formula is C26H30N2O8. The molecule has 0 saturated carbocycles. The molecule has 1 heterocycles. The van der Waals surface area contributed by atoms with Gasteiger partial charge in [-0.3, -0.25) is 9.59 Å². The van der Waals surface area contributed by atoms with Gasteiger partial charge in [-0.1, -0.05) is 12.1 Å². The van der Waals surface area contributed by atoms with Crippen molar-refractivity contribution >= 4 is 28.7 Å². The van der Waals surface area contributed by atoms with E-state index in [-0.39, 0.29) is 33.7 Å². The summed E-state index contributed by atoms with van der Waals surface area (Å²) in [5.74, 6) is 0.665. The number of anilines is 1. The Morgan fingerprint density at radius 1 is 0.972 bits per heavy atom. The number of fused-ring (bicyclic) bond motifs is 1. The lowest BCUT2D eigenvalue weighted by Crippen LogP contribution is -2.43. The summed E-state index contributed by atoms with van der Waals surface area (Å²) in [4.78, 5) is 37.6. The first-order valence-corrected chi connectivity index (χ1v) is 11.1. The fraction of sp³-hybridized carbons (Fsp3) is 0.346. The first kappa shape index (κ1) is 26.4. The summed E-state index contributed by atoms with van der Waals surface area (Å²) >= 11 is 0. The normalized spacial score (nSPS) is 12.0. The third-order valence-electron chi connectivity index (χ3n) is 5.06. The highest BCUT2D eigenvalue weighted by molar-refractivity contribution is 5.97. The quantitative estimate of drug-likeness (QED) is 0.493. The van der Waals surface area contributed by atoms with E-state index in [2.05, 4.69) is 10.6 Å². The van der Waals surface area contributed by atoms with Gasteiger partial charge in [-0.2, -0.15) is 0 Å². The number of amides is 2. The van der Waals surface area contributed by atoms with E-state index in [0.717, 1.165) is 0 Å². The first-order valence-electron chi connectivity index (χ1n) is 11.1.